The van der Waals surface area contributed by atoms with Gasteiger partial charge in [-0.1, -0.05) is 68.3 Å². The zero-order valence-corrected chi connectivity index (χ0v) is 12.9. The number of hydrogen-bond acceptors (Lipinski definition) is 1. The van der Waals surface area contributed by atoms with Gasteiger partial charge in [-0.15, -0.1) is 0 Å². The zero-order valence-electron chi connectivity index (χ0n) is 11.3. The second-order valence-corrected chi connectivity index (χ2v) is 5.34. The van der Waals surface area contributed by atoms with Crippen LogP contribution in [0, 0.1) is 0 Å². The first-order valence-corrected chi connectivity index (χ1v) is 8.25. The van der Waals surface area contributed by atoms with Crippen LogP contribution in [0.3, 0.4) is 0 Å². The highest BCUT2D eigenvalue weighted by Crippen LogP contribution is 2.09. The van der Waals surface area contributed by atoms with E-state index in [2.05, 4.69) is 34.7 Å². The first kappa shape index (κ1) is 16.4. The normalized spacial score (nSPS) is 11.2. The summed E-state index contributed by atoms with van der Waals surface area (Å²) < 4.78 is 0. The minimum atomic E-state index is 1.18. The van der Waals surface area contributed by atoms with E-state index >= 15 is 0 Å². The van der Waals surface area contributed by atoms with Crippen molar-refractivity contribution in [2.75, 3.05) is 25.0 Å². The second-order valence-electron chi connectivity index (χ2n) is 4.54. The highest BCUT2D eigenvalue weighted by molar-refractivity contribution is 9.09. The van der Waals surface area contributed by atoms with Crippen molar-refractivity contribution in [3.63, 3.8) is 0 Å². The Morgan fingerprint density at radius 2 is 1.12 bits per heavy atom. The van der Waals surface area contributed by atoms with Crippen LogP contribution in [-0.2, 0) is 0 Å². The maximum atomic E-state index is 3.48. The Labute approximate surface area is 111 Å². The van der Waals surface area contributed by atoms with E-state index in [-0.39, 0.29) is 0 Å². The van der Waals surface area contributed by atoms with Crippen LogP contribution in [0.2, 0.25) is 0 Å². The number of nitrogens with zero attached hydrogens (tertiary/aromatic N) is 1. The molecule has 0 rings (SSSR count). The van der Waals surface area contributed by atoms with Crippen molar-refractivity contribution in [1.29, 1.82) is 0 Å². The number of halogens is 1. The van der Waals surface area contributed by atoms with Crippen LogP contribution < -0.4 is 0 Å². The van der Waals surface area contributed by atoms with Gasteiger partial charge in [0.25, 0.3) is 0 Å². The van der Waals surface area contributed by atoms with Crippen molar-refractivity contribution in [2.24, 2.45) is 0 Å². The Morgan fingerprint density at radius 3 is 1.56 bits per heavy atom. The summed E-state index contributed by atoms with van der Waals surface area (Å²) in [5.41, 5.74) is 0. The Morgan fingerprint density at radius 1 is 0.688 bits per heavy atom. The molecular weight excluding hydrogens is 262 g/mol. The Hall–Kier alpha value is 0.440. The van der Waals surface area contributed by atoms with Crippen LogP contribution in [-0.4, -0.2) is 29.9 Å². The summed E-state index contributed by atoms with van der Waals surface area (Å²) in [5, 5.41) is 1.18. The third kappa shape index (κ3) is 10.9. The minimum absolute atomic E-state index is 1.18. The van der Waals surface area contributed by atoms with Crippen molar-refractivity contribution in [2.45, 2.75) is 65.2 Å². The monoisotopic (exact) mass is 291 g/mol. The molecule has 0 bridgehead atoms. The van der Waals surface area contributed by atoms with E-state index < -0.39 is 0 Å². The molecule has 0 unspecified atom stereocenters. The predicted molar refractivity (Wildman–Crippen MR) is 78.5 cm³/mol. The van der Waals surface area contributed by atoms with Crippen LogP contribution >= 0.6 is 15.9 Å². The molecule has 0 atom stereocenters. The van der Waals surface area contributed by atoms with Crippen molar-refractivity contribution < 1.29 is 0 Å². The number of alkyl halides is 1. The largest absolute Gasteiger partial charge is 0.304 e. The van der Waals surface area contributed by atoms with Gasteiger partial charge in [0, 0.05) is 5.33 Å². The highest BCUT2D eigenvalue weighted by atomic mass is 79.9. The van der Waals surface area contributed by atoms with Crippen molar-refractivity contribution >= 4 is 15.9 Å². The molecule has 0 saturated carbocycles. The van der Waals surface area contributed by atoms with Crippen molar-refractivity contribution in [3.8, 4) is 0 Å². The SMILES string of the molecule is CCN(CC)CCCCCCCCCCBr. The van der Waals surface area contributed by atoms with E-state index in [0.717, 1.165) is 0 Å². The molecule has 0 aliphatic rings. The van der Waals surface area contributed by atoms with Gasteiger partial charge in [-0.05, 0) is 32.5 Å². The summed E-state index contributed by atoms with van der Waals surface area (Å²) in [4.78, 5) is 2.52. The lowest BCUT2D eigenvalue weighted by Crippen LogP contribution is -2.23. The Balaban J connectivity index is 3.03. The molecular formula is C14H30BrN. The maximum absolute atomic E-state index is 3.48. The van der Waals surface area contributed by atoms with Gasteiger partial charge in [0.1, 0.15) is 0 Å². The van der Waals surface area contributed by atoms with E-state index in [0.29, 0.717) is 0 Å². The average Bonchev–Trinajstić information content (AvgIpc) is 2.32. The van der Waals surface area contributed by atoms with Gasteiger partial charge in [-0.25, -0.2) is 0 Å². The van der Waals surface area contributed by atoms with Gasteiger partial charge >= 0.3 is 0 Å². The third-order valence-corrected chi connectivity index (χ3v) is 3.81. The van der Waals surface area contributed by atoms with E-state index in [4.69, 9.17) is 0 Å². The van der Waals surface area contributed by atoms with Gasteiger partial charge in [-0.2, -0.15) is 0 Å². The van der Waals surface area contributed by atoms with Crippen LogP contribution in [0.1, 0.15) is 65.2 Å². The number of rotatable bonds is 12. The van der Waals surface area contributed by atoms with E-state index in [1.807, 2.05) is 0 Å². The van der Waals surface area contributed by atoms with Gasteiger partial charge in [0.05, 0.1) is 0 Å². The molecule has 0 aliphatic heterocycles. The summed E-state index contributed by atoms with van der Waals surface area (Å²) in [6, 6.07) is 0. The fourth-order valence-corrected chi connectivity index (χ4v) is 2.43. The molecule has 0 N–H and O–H groups in total. The summed E-state index contributed by atoms with van der Waals surface area (Å²) in [5.74, 6) is 0. The fraction of sp³-hybridized carbons (Fsp3) is 1.00. The lowest BCUT2D eigenvalue weighted by Gasteiger charge is -2.17. The summed E-state index contributed by atoms with van der Waals surface area (Å²) in [6.07, 6.45) is 11.3. The second kappa shape index (κ2) is 13.5. The molecule has 0 aromatic heterocycles. The summed E-state index contributed by atoms with van der Waals surface area (Å²) >= 11 is 3.48. The molecule has 0 heterocycles. The first-order valence-electron chi connectivity index (χ1n) is 7.13. The standard InChI is InChI=1S/C14H30BrN/c1-3-16(4-2)14-12-10-8-6-5-7-9-11-13-15/h3-14H2,1-2H3. The van der Waals surface area contributed by atoms with Crippen LogP contribution in [0.4, 0.5) is 0 Å². The molecule has 0 aromatic carbocycles. The Kier molecular flexibility index (Phi) is 13.9. The summed E-state index contributed by atoms with van der Waals surface area (Å²) in [7, 11) is 0. The van der Waals surface area contributed by atoms with Crippen LogP contribution in [0.5, 0.6) is 0 Å². The molecule has 16 heavy (non-hydrogen) atoms. The maximum Gasteiger partial charge on any atom is 0.00313 e. The highest BCUT2D eigenvalue weighted by Gasteiger charge is 1.97. The van der Waals surface area contributed by atoms with E-state index in [1.165, 1.54) is 76.3 Å². The smallest absolute Gasteiger partial charge is 0.00313 e. The molecule has 0 aromatic rings. The molecule has 0 amide bonds. The molecule has 1 nitrogen and oxygen atoms in total. The minimum Gasteiger partial charge on any atom is -0.304 e. The summed E-state index contributed by atoms with van der Waals surface area (Å²) in [6.45, 7) is 8.24. The van der Waals surface area contributed by atoms with Gasteiger partial charge in [-0.3, -0.25) is 0 Å². The van der Waals surface area contributed by atoms with Crippen molar-refractivity contribution in [3.05, 3.63) is 0 Å². The molecule has 98 valence electrons. The third-order valence-electron chi connectivity index (χ3n) is 3.25. The first-order chi connectivity index (χ1) is 7.85. The zero-order chi connectivity index (χ0) is 12.1. The lowest BCUT2D eigenvalue weighted by atomic mass is 10.1. The van der Waals surface area contributed by atoms with Gasteiger partial charge in [0.15, 0.2) is 0 Å². The average molecular weight is 292 g/mol. The molecule has 0 radical (unpaired) electrons. The molecule has 2 heteroatoms. The van der Waals surface area contributed by atoms with Crippen LogP contribution in [0.25, 0.3) is 0 Å². The fourth-order valence-electron chi connectivity index (χ4n) is 2.03. The van der Waals surface area contributed by atoms with E-state index in [1.54, 1.807) is 0 Å². The van der Waals surface area contributed by atoms with E-state index in [9.17, 15) is 0 Å². The Bertz CT molecular complexity index is 124. The topological polar surface area (TPSA) is 3.24 Å². The lowest BCUT2D eigenvalue weighted by molar-refractivity contribution is 0.295. The van der Waals surface area contributed by atoms with Crippen molar-refractivity contribution in [1.82, 2.24) is 4.90 Å². The molecule has 0 aliphatic carbocycles. The number of unbranched alkanes of at least 4 members (excludes halogenated alkanes) is 7. The molecule has 0 spiro atoms. The van der Waals surface area contributed by atoms with Crippen LogP contribution in [0.15, 0.2) is 0 Å². The molecule has 0 saturated heterocycles. The van der Waals surface area contributed by atoms with Gasteiger partial charge < -0.3 is 4.90 Å². The van der Waals surface area contributed by atoms with Gasteiger partial charge in [0.2, 0.25) is 0 Å². The predicted octanol–water partition coefficient (Wildman–Crippen LogP) is 4.84. The molecule has 0 fully saturated rings. The quantitative estimate of drug-likeness (QED) is 0.367. The number of hydrogen-bond donors (Lipinski definition) is 0.